The van der Waals surface area contributed by atoms with Gasteiger partial charge in [-0.2, -0.15) is 0 Å². The molecule has 0 aliphatic carbocycles. The first-order valence-electron chi connectivity index (χ1n) is 13.1. The summed E-state index contributed by atoms with van der Waals surface area (Å²) in [5, 5.41) is 11.4. The summed E-state index contributed by atoms with van der Waals surface area (Å²) < 4.78 is 23.0. The topological polar surface area (TPSA) is 97.8 Å². The van der Waals surface area contributed by atoms with E-state index in [1.54, 1.807) is 30.3 Å². The van der Waals surface area contributed by atoms with E-state index in [0.717, 1.165) is 12.8 Å². The van der Waals surface area contributed by atoms with Crippen LogP contribution in [0.2, 0.25) is 0 Å². The second-order valence-corrected chi connectivity index (χ2v) is 9.50. The van der Waals surface area contributed by atoms with Crippen molar-refractivity contribution in [2.75, 3.05) is 53.6 Å². The predicted molar refractivity (Wildman–Crippen MR) is 143 cm³/mol. The Bertz CT molecular complexity index is 1210. The maximum Gasteiger partial charge on any atom is 0.295 e. The molecule has 2 heterocycles. The third-order valence-electron chi connectivity index (χ3n) is 6.48. The Morgan fingerprint density at radius 3 is 2.50 bits per heavy atom. The summed E-state index contributed by atoms with van der Waals surface area (Å²) in [5.74, 6) is 0.514. The molecular formula is C29H36N2O7. The first-order valence-corrected chi connectivity index (χ1v) is 13.1. The average Bonchev–Trinajstić information content (AvgIpc) is 3.17. The second-order valence-electron chi connectivity index (χ2n) is 9.50. The molecule has 1 fully saturated rings. The van der Waals surface area contributed by atoms with Crippen molar-refractivity contribution in [2.45, 2.75) is 32.7 Å². The van der Waals surface area contributed by atoms with Crippen molar-refractivity contribution >= 4 is 17.4 Å². The monoisotopic (exact) mass is 524 g/mol. The molecule has 2 aromatic carbocycles. The van der Waals surface area contributed by atoms with Crippen LogP contribution in [-0.2, 0) is 9.59 Å². The average molecular weight is 525 g/mol. The Hall–Kier alpha value is -3.72. The standard InChI is InChI=1S/C29H36N2O7/c1-5-7-14-36-21-10-8-19(17-23(21)35-6-2)26-25(28(33)29(34)31(26)13-12-30(3)4)27(32)20-9-11-22-24(18-20)38-16-15-37-22/h8-11,17-18,26,32H,5-7,12-16H2,1-4H3/b27-25-. The van der Waals surface area contributed by atoms with E-state index < -0.39 is 17.7 Å². The molecule has 204 valence electrons. The zero-order valence-electron chi connectivity index (χ0n) is 22.5. The Labute approximate surface area is 223 Å². The van der Waals surface area contributed by atoms with Crippen LogP contribution in [0.1, 0.15) is 43.9 Å². The molecule has 1 saturated heterocycles. The number of aliphatic hydroxyl groups excluding tert-OH is 1. The fraction of sp³-hybridized carbons (Fsp3) is 0.448. The molecule has 1 unspecified atom stereocenters. The lowest BCUT2D eigenvalue weighted by atomic mass is 9.94. The summed E-state index contributed by atoms with van der Waals surface area (Å²) in [6.45, 7) is 6.63. The number of aliphatic hydroxyl groups is 1. The number of likely N-dealkylation sites (N-methyl/N-ethyl adjacent to an activating group) is 1. The number of likely N-dealkylation sites (tertiary alicyclic amines) is 1. The fourth-order valence-electron chi connectivity index (χ4n) is 4.52. The highest BCUT2D eigenvalue weighted by atomic mass is 16.6. The molecule has 9 heteroatoms. The molecule has 1 amide bonds. The number of fused-ring (bicyclic) bond motifs is 1. The zero-order valence-corrected chi connectivity index (χ0v) is 22.5. The number of hydrogen-bond donors (Lipinski definition) is 1. The van der Waals surface area contributed by atoms with Gasteiger partial charge in [-0.3, -0.25) is 9.59 Å². The van der Waals surface area contributed by atoms with E-state index >= 15 is 0 Å². The first kappa shape index (κ1) is 27.3. The molecule has 4 rings (SSSR count). The van der Waals surface area contributed by atoms with E-state index in [1.807, 2.05) is 32.0 Å². The van der Waals surface area contributed by atoms with Gasteiger partial charge in [0.1, 0.15) is 19.0 Å². The van der Waals surface area contributed by atoms with Crippen LogP contribution in [0.15, 0.2) is 42.0 Å². The number of ketones is 1. The highest BCUT2D eigenvalue weighted by molar-refractivity contribution is 6.46. The van der Waals surface area contributed by atoms with Gasteiger partial charge >= 0.3 is 0 Å². The van der Waals surface area contributed by atoms with E-state index in [2.05, 4.69) is 6.92 Å². The molecule has 0 bridgehead atoms. The number of Topliss-reactive ketones (excluding diaryl/α,β-unsaturated/α-hetero) is 1. The number of ether oxygens (including phenoxy) is 4. The fourth-order valence-corrected chi connectivity index (χ4v) is 4.52. The molecule has 2 aromatic rings. The summed E-state index contributed by atoms with van der Waals surface area (Å²) >= 11 is 0. The zero-order chi connectivity index (χ0) is 27.2. The first-order chi connectivity index (χ1) is 18.3. The number of rotatable bonds is 11. The van der Waals surface area contributed by atoms with Crippen LogP contribution in [0.3, 0.4) is 0 Å². The normalized spacial score (nSPS) is 18.2. The highest BCUT2D eigenvalue weighted by Crippen LogP contribution is 2.43. The van der Waals surface area contributed by atoms with Crippen molar-refractivity contribution in [3.63, 3.8) is 0 Å². The lowest BCUT2D eigenvalue weighted by molar-refractivity contribution is -0.140. The third kappa shape index (κ3) is 5.72. The Morgan fingerprint density at radius 2 is 1.79 bits per heavy atom. The predicted octanol–water partition coefficient (Wildman–Crippen LogP) is 4.02. The van der Waals surface area contributed by atoms with Gasteiger partial charge in [0.25, 0.3) is 11.7 Å². The molecule has 0 aromatic heterocycles. The summed E-state index contributed by atoms with van der Waals surface area (Å²) in [5.41, 5.74) is 1.04. The van der Waals surface area contributed by atoms with Gasteiger partial charge in [0.05, 0.1) is 24.8 Å². The Morgan fingerprint density at radius 1 is 1.03 bits per heavy atom. The molecule has 2 aliphatic heterocycles. The van der Waals surface area contributed by atoms with Gasteiger partial charge in [-0.15, -0.1) is 0 Å². The van der Waals surface area contributed by atoms with Crippen molar-refractivity contribution in [2.24, 2.45) is 0 Å². The van der Waals surface area contributed by atoms with E-state index in [0.29, 0.717) is 73.6 Å². The van der Waals surface area contributed by atoms with E-state index in [-0.39, 0.29) is 11.3 Å². The minimum absolute atomic E-state index is 0.0209. The summed E-state index contributed by atoms with van der Waals surface area (Å²) in [6, 6.07) is 9.59. The van der Waals surface area contributed by atoms with Crippen molar-refractivity contribution in [1.82, 2.24) is 9.80 Å². The molecule has 2 aliphatic rings. The minimum Gasteiger partial charge on any atom is -0.507 e. The third-order valence-corrected chi connectivity index (χ3v) is 6.48. The number of hydrogen-bond acceptors (Lipinski definition) is 8. The molecule has 0 radical (unpaired) electrons. The summed E-state index contributed by atoms with van der Waals surface area (Å²) in [7, 11) is 3.80. The van der Waals surface area contributed by atoms with Crippen LogP contribution < -0.4 is 18.9 Å². The number of amides is 1. The van der Waals surface area contributed by atoms with Crippen molar-refractivity contribution < 1.29 is 33.6 Å². The number of carbonyl (C=O) groups is 2. The van der Waals surface area contributed by atoms with Gasteiger partial charge in [-0.25, -0.2) is 0 Å². The van der Waals surface area contributed by atoms with Crippen LogP contribution in [0.25, 0.3) is 5.76 Å². The van der Waals surface area contributed by atoms with Crippen molar-refractivity contribution in [3.05, 3.63) is 53.1 Å². The number of unbranched alkanes of at least 4 members (excludes halogenated alkanes) is 1. The van der Waals surface area contributed by atoms with Crippen molar-refractivity contribution in [1.29, 1.82) is 0 Å². The van der Waals surface area contributed by atoms with Crippen molar-refractivity contribution in [3.8, 4) is 23.0 Å². The quantitative estimate of drug-likeness (QED) is 0.204. The van der Waals surface area contributed by atoms with Gasteiger partial charge in [0.15, 0.2) is 23.0 Å². The van der Waals surface area contributed by atoms with Crippen LogP contribution in [0.4, 0.5) is 0 Å². The van der Waals surface area contributed by atoms with Gasteiger partial charge in [0.2, 0.25) is 0 Å². The molecule has 1 N–H and O–H groups in total. The van der Waals surface area contributed by atoms with Gasteiger partial charge < -0.3 is 33.9 Å². The van der Waals surface area contributed by atoms with Crippen LogP contribution in [0.5, 0.6) is 23.0 Å². The SMILES string of the molecule is CCCCOc1ccc(C2/C(=C(/O)c3ccc4c(c3)OCCO4)C(=O)C(=O)N2CCN(C)C)cc1OCC. The number of benzene rings is 2. The van der Waals surface area contributed by atoms with Crippen LogP contribution in [-0.4, -0.2) is 80.2 Å². The summed E-state index contributed by atoms with van der Waals surface area (Å²) in [6.07, 6.45) is 1.91. The number of carbonyl (C=O) groups excluding carboxylic acids is 2. The van der Waals surface area contributed by atoms with Gasteiger partial charge in [0, 0.05) is 18.7 Å². The molecule has 9 nitrogen and oxygen atoms in total. The maximum absolute atomic E-state index is 13.4. The smallest absolute Gasteiger partial charge is 0.295 e. The Balaban J connectivity index is 1.80. The molecule has 0 spiro atoms. The lowest BCUT2D eigenvalue weighted by Gasteiger charge is -2.27. The highest BCUT2D eigenvalue weighted by Gasteiger charge is 2.46. The second kappa shape index (κ2) is 12.2. The van der Waals surface area contributed by atoms with Crippen LogP contribution >= 0.6 is 0 Å². The maximum atomic E-state index is 13.4. The largest absolute Gasteiger partial charge is 0.507 e. The summed E-state index contributed by atoms with van der Waals surface area (Å²) in [4.78, 5) is 30.1. The molecule has 1 atom stereocenters. The minimum atomic E-state index is -0.799. The number of nitrogens with zero attached hydrogens (tertiary/aromatic N) is 2. The van der Waals surface area contributed by atoms with E-state index in [1.165, 1.54) is 4.90 Å². The molecule has 0 saturated carbocycles. The molecular weight excluding hydrogens is 488 g/mol. The van der Waals surface area contributed by atoms with E-state index in [4.69, 9.17) is 18.9 Å². The van der Waals surface area contributed by atoms with Gasteiger partial charge in [-0.1, -0.05) is 19.4 Å². The van der Waals surface area contributed by atoms with Crippen LogP contribution in [0, 0.1) is 0 Å². The van der Waals surface area contributed by atoms with E-state index in [9.17, 15) is 14.7 Å². The van der Waals surface area contributed by atoms with Gasteiger partial charge in [-0.05, 0) is 63.3 Å². The Kier molecular flexibility index (Phi) is 8.78. The lowest BCUT2D eigenvalue weighted by Crippen LogP contribution is -2.35. The molecule has 38 heavy (non-hydrogen) atoms.